The molecule has 0 heterocycles. The van der Waals surface area contributed by atoms with Crippen LogP contribution in [0.4, 0.5) is 0 Å². The maximum atomic E-state index is 12.2. The molecule has 1 saturated carbocycles. The summed E-state index contributed by atoms with van der Waals surface area (Å²) in [5, 5.41) is 3.44. The van der Waals surface area contributed by atoms with Crippen LogP contribution in [-0.4, -0.2) is 63.5 Å². The fourth-order valence-electron chi connectivity index (χ4n) is 2.22. The fraction of sp³-hybridized carbons (Fsp3) is 0.471. The quantitative estimate of drug-likeness (QED) is 0.396. The smallest absolute Gasteiger partial charge is 0.360 e. The first-order valence-corrected chi connectivity index (χ1v) is 9.60. The van der Waals surface area contributed by atoms with Crippen molar-refractivity contribution in [3.05, 3.63) is 29.8 Å². The third kappa shape index (κ3) is 4.40. The van der Waals surface area contributed by atoms with Crippen molar-refractivity contribution in [2.75, 3.05) is 21.2 Å². The Kier molecular flexibility index (Phi) is 6.01. The van der Waals surface area contributed by atoms with Crippen molar-refractivity contribution in [1.29, 1.82) is 0 Å². The Balaban J connectivity index is 2.25. The molecule has 0 radical (unpaired) electrons. The van der Waals surface area contributed by atoms with Crippen LogP contribution in [0.2, 0.25) is 0 Å². The summed E-state index contributed by atoms with van der Waals surface area (Å²) in [5.41, 5.74) is 0.178. The highest BCUT2D eigenvalue weighted by Gasteiger charge is 2.36. The van der Waals surface area contributed by atoms with Crippen molar-refractivity contribution in [3.63, 3.8) is 0 Å². The van der Waals surface area contributed by atoms with Crippen LogP contribution in [0.1, 0.15) is 25.3 Å². The van der Waals surface area contributed by atoms with Gasteiger partial charge in [0.05, 0.1) is 17.3 Å². The predicted molar refractivity (Wildman–Crippen MR) is 94.4 cm³/mol. The van der Waals surface area contributed by atoms with Crippen LogP contribution in [-0.2, 0) is 29.0 Å². The molecule has 8 nitrogen and oxygen atoms in total. The number of nitrogens with zero attached hydrogens (tertiary/aromatic N) is 2. The number of benzene rings is 1. The largest absolute Gasteiger partial charge is 0.464 e. The van der Waals surface area contributed by atoms with E-state index in [9.17, 15) is 18.0 Å². The number of carbonyl (C=O) groups is 2. The molecule has 1 amide bonds. The van der Waals surface area contributed by atoms with Crippen molar-refractivity contribution in [1.82, 2.24) is 4.90 Å². The van der Waals surface area contributed by atoms with Crippen LogP contribution in [0.3, 0.4) is 0 Å². The number of sulfone groups is 1. The van der Waals surface area contributed by atoms with E-state index in [4.69, 9.17) is 4.84 Å². The molecule has 1 aliphatic rings. The highest BCUT2D eigenvalue weighted by atomic mass is 32.2. The number of hydrogen-bond donors (Lipinski definition) is 0. The lowest BCUT2D eigenvalue weighted by Crippen LogP contribution is -2.33. The second-order valence-electron chi connectivity index (χ2n) is 6.18. The highest BCUT2D eigenvalue weighted by molar-refractivity contribution is 7.92. The average molecular weight is 382 g/mol. The van der Waals surface area contributed by atoms with Crippen molar-refractivity contribution >= 4 is 27.4 Å². The van der Waals surface area contributed by atoms with Crippen molar-refractivity contribution in [2.45, 2.75) is 36.0 Å². The third-order valence-corrected chi connectivity index (χ3v) is 6.17. The van der Waals surface area contributed by atoms with Crippen LogP contribution in [0, 0.1) is 0 Å². The Labute approximate surface area is 152 Å². The van der Waals surface area contributed by atoms with Gasteiger partial charge in [-0.3, -0.25) is 4.79 Å². The molecule has 9 heteroatoms. The molecule has 0 unspecified atom stereocenters. The van der Waals surface area contributed by atoms with E-state index in [1.54, 1.807) is 14.1 Å². The van der Waals surface area contributed by atoms with Gasteiger partial charge in [-0.05, 0) is 31.9 Å². The fourth-order valence-corrected chi connectivity index (χ4v) is 3.88. The van der Waals surface area contributed by atoms with E-state index in [1.165, 1.54) is 43.2 Å². The van der Waals surface area contributed by atoms with Crippen LogP contribution in [0.5, 0.6) is 0 Å². The van der Waals surface area contributed by atoms with E-state index in [-0.39, 0.29) is 21.8 Å². The summed E-state index contributed by atoms with van der Waals surface area (Å²) in [5.74, 6) is -1.07. The molecule has 1 aliphatic carbocycles. The number of hydrogen-bond acceptors (Lipinski definition) is 7. The number of amides is 1. The van der Waals surface area contributed by atoms with Crippen molar-refractivity contribution < 1.29 is 27.6 Å². The molecule has 0 bridgehead atoms. The van der Waals surface area contributed by atoms with Gasteiger partial charge in [0.15, 0.2) is 15.5 Å². The molecule has 0 saturated heterocycles. The van der Waals surface area contributed by atoms with Gasteiger partial charge in [0.1, 0.15) is 0 Å². The van der Waals surface area contributed by atoms with Gasteiger partial charge in [0.25, 0.3) is 5.91 Å². The second-order valence-corrected chi connectivity index (χ2v) is 8.41. The first kappa shape index (κ1) is 19.9. The van der Waals surface area contributed by atoms with E-state index in [0.717, 1.165) is 0 Å². The first-order chi connectivity index (χ1) is 12.2. The van der Waals surface area contributed by atoms with Gasteiger partial charge in [0, 0.05) is 19.7 Å². The maximum absolute atomic E-state index is 12.2. The molecule has 0 aromatic heterocycles. The number of ether oxygens (including phenoxy) is 1. The summed E-state index contributed by atoms with van der Waals surface area (Å²) < 4.78 is 29.2. The topological polar surface area (TPSA) is 102 Å². The number of oxime groups is 1. The average Bonchev–Trinajstić information content (AvgIpc) is 3.46. The van der Waals surface area contributed by atoms with Crippen LogP contribution in [0.15, 0.2) is 34.3 Å². The Morgan fingerprint density at radius 3 is 2.23 bits per heavy atom. The number of likely N-dealkylation sites (N-methyl/N-ethyl adjacent to an activating group) is 1. The zero-order chi connectivity index (χ0) is 19.5. The molecular weight excluding hydrogens is 360 g/mol. The van der Waals surface area contributed by atoms with E-state index in [1.807, 2.05) is 0 Å². The highest BCUT2D eigenvalue weighted by Crippen LogP contribution is 2.33. The van der Waals surface area contributed by atoms with Gasteiger partial charge in [-0.25, -0.2) is 13.2 Å². The molecule has 1 fully saturated rings. The zero-order valence-electron chi connectivity index (χ0n) is 15.1. The molecule has 1 aromatic rings. The Morgan fingerprint density at radius 1 is 1.19 bits per heavy atom. The van der Waals surface area contributed by atoms with Gasteiger partial charge in [-0.15, -0.1) is 0 Å². The van der Waals surface area contributed by atoms with Crippen LogP contribution >= 0.6 is 0 Å². The molecular formula is C17H22N2O6S. The summed E-state index contributed by atoms with van der Waals surface area (Å²) in [6.45, 7) is 1.51. The van der Waals surface area contributed by atoms with Gasteiger partial charge in [-0.1, -0.05) is 17.3 Å². The Morgan fingerprint density at radius 2 is 1.77 bits per heavy atom. The maximum Gasteiger partial charge on any atom is 0.360 e. The van der Waals surface area contributed by atoms with Gasteiger partial charge >= 0.3 is 5.97 Å². The normalized spacial score (nSPS) is 15.9. The summed E-state index contributed by atoms with van der Waals surface area (Å²) >= 11 is 0. The molecule has 26 heavy (non-hydrogen) atoms. The molecule has 0 aliphatic heterocycles. The zero-order valence-corrected chi connectivity index (χ0v) is 15.9. The number of esters is 1. The van der Waals surface area contributed by atoms with E-state index in [2.05, 4.69) is 9.89 Å². The molecule has 142 valence electrons. The standard InChI is InChI=1S/C17H22N2O6S/c1-11(16(20)19(2)3)25-18-15(17(21)24-4)12-5-7-13(8-6-12)26(22,23)14-9-10-14/h5-8,11,14H,9-10H2,1-4H3/b18-15+/t11-/m0/s1. The lowest BCUT2D eigenvalue weighted by Gasteiger charge is -2.15. The minimum absolute atomic E-state index is 0.152. The van der Waals surface area contributed by atoms with Crippen LogP contribution < -0.4 is 0 Å². The SMILES string of the molecule is COC(=O)/C(=N/O[C@@H](C)C(=O)N(C)C)c1ccc(S(=O)(=O)C2CC2)cc1. The lowest BCUT2D eigenvalue weighted by atomic mass is 10.1. The number of carbonyl (C=O) groups excluding carboxylic acids is 2. The molecule has 0 spiro atoms. The summed E-state index contributed by atoms with van der Waals surface area (Å²) in [4.78, 5) is 30.5. The monoisotopic (exact) mass is 382 g/mol. The minimum Gasteiger partial charge on any atom is -0.464 e. The number of rotatable bonds is 7. The predicted octanol–water partition coefficient (Wildman–Crippen LogP) is 0.993. The first-order valence-electron chi connectivity index (χ1n) is 8.06. The van der Waals surface area contributed by atoms with Gasteiger partial charge in [-0.2, -0.15) is 0 Å². The van der Waals surface area contributed by atoms with E-state index in [0.29, 0.717) is 18.4 Å². The molecule has 0 N–H and O–H groups in total. The third-order valence-electron chi connectivity index (χ3n) is 3.89. The van der Waals surface area contributed by atoms with E-state index >= 15 is 0 Å². The van der Waals surface area contributed by atoms with Crippen molar-refractivity contribution in [3.8, 4) is 0 Å². The van der Waals surface area contributed by atoms with Crippen LogP contribution in [0.25, 0.3) is 0 Å². The second kappa shape index (κ2) is 7.86. The molecule has 1 aromatic carbocycles. The number of methoxy groups -OCH3 is 1. The summed E-state index contributed by atoms with van der Waals surface area (Å²) in [7, 11) is 1.03. The molecule has 1 atom stereocenters. The van der Waals surface area contributed by atoms with E-state index < -0.39 is 21.9 Å². The van der Waals surface area contributed by atoms with Crippen molar-refractivity contribution in [2.24, 2.45) is 5.16 Å². The minimum atomic E-state index is -3.32. The summed E-state index contributed by atoms with van der Waals surface area (Å²) in [6, 6.07) is 5.78. The molecule has 2 rings (SSSR count). The van der Waals surface area contributed by atoms with Gasteiger partial charge < -0.3 is 14.5 Å². The lowest BCUT2D eigenvalue weighted by molar-refractivity contribution is -0.140. The Hall–Kier alpha value is -2.42. The van der Waals surface area contributed by atoms with Gasteiger partial charge in [0.2, 0.25) is 6.10 Å². The Bertz CT molecular complexity index is 810. The summed E-state index contributed by atoms with van der Waals surface area (Å²) in [6.07, 6.45) is 0.453.